The number of rotatable bonds is 1. The van der Waals surface area contributed by atoms with E-state index in [4.69, 9.17) is 28.6 Å². The van der Waals surface area contributed by atoms with Crippen molar-refractivity contribution >= 4 is 28.9 Å². The van der Waals surface area contributed by atoms with E-state index in [-0.39, 0.29) is 17.2 Å². The number of phenols is 1. The second kappa shape index (κ2) is 6.28. The number of ether oxygens (including phenoxy) is 1. The summed E-state index contributed by atoms with van der Waals surface area (Å²) in [7, 11) is 0. The number of phenolic OH excluding ortho intramolecular Hbond substituents is 1. The number of fused-ring (bicyclic) bond motifs is 1. The highest BCUT2D eigenvalue weighted by molar-refractivity contribution is 7.80. The molecule has 0 aliphatic carbocycles. The van der Waals surface area contributed by atoms with E-state index in [2.05, 4.69) is 30.5 Å². The fraction of sp³-hybridized carbons (Fsp3) is 0.381. The van der Waals surface area contributed by atoms with Crippen molar-refractivity contribution < 1.29 is 9.84 Å². The highest BCUT2D eigenvalue weighted by Gasteiger charge is 2.49. The maximum Gasteiger partial charge on any atom is 0.185 e. The number of aryl methyl sites for hydroxylation is 1. The molecule has 0 aromatic heterocycles. The lowest BCUT2D eigenvalue weighted by atomic mass is 9.76. The summed E-state index contributed by atoms with van der Waals surface area (Å²) in [5, 5.41) is 18.1. The molecule has 1 saturated heterocycles. The van der Waals surface area contributed by atoms with Crippen LogP contribution >= 0.6 is 23.8 Å². The van der Waals surface area contributed by atoms with Gasteiger partial charge in [0.15, 0.2) is 10.8 Å². The quantitative estimate of drug-likeness (QED) is 0.608. The Bertz CT molecular complexity index is 930. The molecule has 1 fully saturated rings. The van der Waals surface area contributed by atoms with Gasteiger partial charge in [0.1, 0.15) is 11.5 Å². The van der Waals surface area contributed by atoms with E-state index in [0.717, 1.165) is 28.1 Å². The summed E-state index contributed by atoms with van der Waals surface area (Å²) in [6, 6.07) is 11.4. The van der Waals surface area contributed by atoms with Crippen molar-refractivity contribution in [3.8, 4) is 11.5 Å². The van der Waals surface area contributed by atoms with Gasteiger partial charge >= 0.3 is 0 Å². The first-order valence-corrected chi connectivity index (χ1v) is 9.84. The number of halogens is 1. The SMILES string of the molecule is Cc1cc(O)cc2c1[C@@H](c1ccccc1Cl)C[C@@]1(CC(C)(C)NC(=S)N1)O2. The molecule has 2 atom stereocenters. The molecule has 4 rings (SSSR count). The third kappa shape index (κ3) is 3.34. The van der Waals surface area contributed by atoms with Crippen molar-refractivity contribution in [1.82, 2.24) is 10.6 Å². The van der Waals surface area contributed by atoms with Gasteiger partial charge in [-0.05, 0) is 56.2 Å². The van der Waals surface area contributed by atoms with Gasteiger partial charge in [0.25, 0.3) is 0 Å². The summed E-state index contributed by atoms with van der Waals surface area (Å²) in [5.41, 5.74) is 2.23. The van der Waals surface area contributed by atoms with Crippen LogP contribution in [0.3, 0.4) is 0 Å². The molecule has 2 aliphatic heterocycles. The molecule has 2 heterocycles. The van der Waals surface area contributed by atoms with Crippen molar-refractivity contribution in [2.45, 2.75) is 50.8 Å². The zero-order valence-corrected chi connectivity index (χ0v) is 17.2. The zero-order chi connectivity index (χ0) is 19.4. The average molecular weight is 403 g/mol. The lowest BCUT2D eigenvalue weighted by molar-refractivity contribution is -0.0129. The Kier molecular flexibility index (Phi) is 4.28. The van der Waals surface area contributed by atoms with Crippen LogP contribution in [0.1, 0.15) is 49.3 Å². The lowest BCUT2D eigenvalue weighted by Gasteiger charge is -2.50. The molecule has 0 amide bonds. The summed E-state index contributed by atoms with van der Waals surface area (Å²) in [6.45, 7) is 6.21. The topological polar surface area (TPSA) is 53.5 Å². The molecule has 0 bridgehead atoms. The first kappa shape index (κ1) is 18.4. The first-order chi connectivity index (χ1) is 12.7. The number of nitrogens with one attached hydrogen (secondary N) is 2. The Hall–Kier alpha value is -1.98. The van der Waals surface area contributed by atoms with Gasteiger partial charge in [0.05, 0.1) is 0 Å². The van der Waals surface area contributed by atoms with Gasteiger partial charge in [0, 0.05) is 41.0 Å². The standard InChI is InChI=1S/C21H23ClN2O2S/c1-12-8-13(25)9-17-18(12)15(14-6-4-5-7-16(14)22)10-21(26-17)11-20(2,3)23-19(27)24-21/h4-9,15,25H,10-11H2,1-3H3,(H2,23,24,27)/t15-,21+/m1/s1. The Morgan fingerprint density at radius 1 is 1.22 bits per heavy atom. The highest BCUT2D eigenvalue weighted by atomic mass is 35.5. The molecule has 0 unspecified atom stereocenters. The van der Waals surface area contributed by atoms with E-state index in [1.165, 1.54) is 0 Å². The van der Waals surface area contributed by atoms with Crippen LogP contribution in [0.15, 0.2) is 36.4 Å². The summed E-state index contributed by atoms with van der Waals surface area (Å²) >= 11 is 12.0. The van der Waals surface area contributed by atoms with Crippen LogP contribution in [0.5, 0.6) is 11.5 Å². The second-order valence-corrected chi connectivity index (χ2v) is 9.00. The van der Waals surface area contributed by atoms with Crippen LogP contribution in [-0.4, -0.2) is 21.5 Å². The molecule has 2 aromatic rings. The molecule has 2 aliphatic rings. The maximum atomic E-state index is 10.2. The number of benzene rings is 2. The second-order valence-electron chi connectivity index (χ2n) is 8.19. The summed E-state index contributed by atoms with van der Waals surface area (Å²) in [5.74, 6) is 0.904. The summed E-state index contributed by atoms with van der Waals surface area (Å²) in [6.07, 6.45) is 1.41. The number of thiocarbonyl (C=S) groups is 1. The molecule has 6 heteroatoms. The smallest absolute Gasteiger partial charge is 0.185 e. The molecule has 1 spiro atoms. The molecule has 4 nitrogen and oxygen atoms in total. The number of aromatic hydroxyl groups is 1. The van der Waals surface area contributed by atoms with Crippen molar-refractivity contribution in [2.24, 2.45) is 0 Å². The van der Waals surface area contributed by atoms with Crippen molar-refractivity contribution in [3.05, 3.63) is 58.1 Å². The Morgan fingerprint density at radius 3 is 2.67 bits per heavy atom. The predicted molar refractivity (Wildman–Crippen MR) is 112 cm³/mol. The van der Waals surface area contributed by atoms with E-state index in [1.807, 2.05) is 25.1 Å². The Morgan fingerprint density at radius 2 is 1.96 bits per heavy atom. The van der Waals surface area contributed by atoms with E-state index in [9.17, 15) is 5.11 Å². The average Bonchev–Trinajstić information content (AvgIpc) is 2.51. The minimum atomic E-state index is -0.664. The molecular weight excluding hydrogens is 380 g/mol. The lowest BCUT2D eigenvalue weighted by Crippen LogP contribution is -2.69. The zero-order valence-electron chi connectivity index (χ0n) is 15.6. The predicted octanol–water partition coefficient (Wildman–Crippen LogP) is 4.61. The van der Waals surface area contributed by atoms with Crippen LogP contribution in [0.25, 0.3) is 0 Å². The number of hydrogen-bond donors (Lipinski definition) is 3. The molecule has 2 aromatic carbocycles. The van der Waals surface area contributed by atoms with Crippen LogP contribution in [0.2, 0.25) is 5.02 Å². The molecular formula is C21H23ClN2O2S. The van der Waals surface area contributed by atoms with Gasteiger partial charge in [0.2, 0.25) is 0 Å². The minimum Gasteiger partial charge on any atom is -0.508 e. The van der Waals surface area contributed by atoms with Gasteiger partial charge in [-0.15, -0.1) is 0 Å². The normalized spacial score (nSPS) is 25.9. The molecule has 0 radical (unpaired) electrons. The van der Waals surface area contributed by atoms with E-state index in [0.29, 0.717) is 17.3 Å². The van der Waals surface area contributed by atoms with Gasteiger partial charge < -0.3 is 20.5 Å². The third-order valence-corrected chi connectivity index (χ3v) is 5.87. The highest BCUT2D eigenvalue weighted by Crippen LogP contribution is 2.50. The van der Waals surface area contributed by atoms with E-state index >= 15 is 0 Å². The molecule has 27 heavy (non-hydrogen) atoms. The Labute approximate surface area is 169 Å². The van der Waals surface area contributed by atoms with Gasteiger partial charge in [-0.3, -0.25) is 0 Å². The number of hydrogen-bond acceptors (Lipinski definition) is 3. The molecule has 0 saturated carbocycles. The van der Waals surface area contributed by atoms with Crippen LogP contribution in [0, 0.1) is 6.92 Å². The van der Waals surface area contributed by atoms with Crippen molar-refractivity contribution in [1.29, 1.82) is 0 Å². The van der Waals surface area contributed by atoms with Crippen LogP contribution < -0.4 is 15.4 Å². The fourth-order valence-corrected chi connectivity index (χ4v) is 5.25. The summed E-state index contributed by atoms with van der Waals surface area (Å²) in [4.78, 5) is 0. The minimum absolute atomic E-state index is 0.0345. The van der Waals surface area contributed by atoms with Crippen LogP contribution in [0.4, 0.5) is 0 Å². The van der Waals surface area contributed by atoms with Gasteiger partial charge in [-0.2, -0.15) is 0 Å². The summed E-state index contributed by atoms with van der Waals surface area (Å²) < 4.78 is 6.48. The Balaban J connectivity index is 1.89. The molecule has 3 N–H and O–H groups in total. The third-order valence-electron chi connectivity index (χ3n) is 5.32. The van der Waals surface area contributed by atoms with Crippen molar-refractivity contribution in [3.63, 3.8) is 0 Å². The van der Waals surface area contributed by atoms with Gasteiger partial charge in [-0.1, -0.05) is 29.8 Å². The van der Waals surface area contributed by atoms with E-state index in [1.54, 1.807) is 12.1 Å². The van der Waals surface area contributed by atoms with Crippen molar-refractivity contribution in [2.75, 3.05) is 0 Å². The fourth-order valence-electron chi connectivity index (χ4n) is 4.52. The molecule has 142 valence electrons. The first-order valence-electron chi connectivity index (χ1n) is 9.05. The maximum absolute atomic E-state index is 10.2. The largest absolute Gasteiger partial charge is 0.508 e. The van der Waals surface area contributed by atoms with Crippen LogP contribution in [-0.2, 0) is 0 Å². The van der Waals surface area contributed by atoms with Gasteiger partial charge in [-0.25, -0.2) is 0 Å². The van der Waals surface area contributed by atoms with E-state index < -0.39 is 5.72 Å². The monoisotopic (exact) mass is 402 g/mol.